The van der Waals surface area contributed by atoms with Gasteiger partial charge in [-0.25, -0.2) is 4.79 Å². The molecule has 0 aliphatic rings. The molecular weight excluding hydrogens is 269 g/mol. The van der Waals surface area contributed by atoms with Crippen LogP contribution in [-0.2, 0) is 4.79 Å². The molecule has 0 aliphatic heterocycles. The third-order valence-corrected chi connectivity index (χ3v) is 3.35. The number of carboxylic acid groups (broad SMARTS) is 1. The van der Waals surface area contributed by atoms with Crippen LogP contribution in [0.3, 0.4) is 0 Å². The Morgan fingerprint density at radius 2 is 1.95 bits per heavy atom. The van der Waals surface area contributed by atoms with E-state index < -0.39 is 5.97 Å². The molecule has 20 heavy (non-hydrogen) atoms. The summed E-state index contributed by atoms with van der Waals surface area (Å²) in [4.78, 5) is 10.7. The molecule has 0 amide bonds. The van der Waals surface area contributed by atoms with Crippen molar-refractivity contribution >= 4 is 38.0 Å². The second kappa shape index (κ2) is 6.36. The number of aliphatic carboxylic acids is 1. The van der Waals surface area contributed by atoms with Crippen LogP contribution in [0, 0.1) is 6.92 Å². The summed E-state index contributed by atoms with van der Waals surface area (Å²) in [5, 5.41) is 13.1. The predicted octanol–water partition coefficient (Wildman–Crippen LogP) is 3.34. The Bertz CT molecular complexity index is 665. The van der Waals surface area contributed by atoms with Crippen LogP contribution >= 0.6 is 9.24 Å². The first-order valence-electron chi connectivity index (χ1n) is 6.19. The van der Waals surface area contributed by atoms with E-state index in [1.165, 1.54) is 0 Å². The molecule has 0 aromatic heterocycles. The van der Waals surface area contributed by atoms with Crippen molar-refractivity contribution in [2.45, 2.75) is 6.92 Å². The summed E-state index contributed by atoms with van der Waals surface area (Å²) >= 11 is 0. The molecule has 2 aromatic rings. The monoisotopic (exact) mass is 285 g/mol. The molecule has 0 fully saturated rings. The summed E-state index contributed by atoms with van der Waals surface area (Å²) in [6, 6.07) is 13.8. The fraction of sp³-hybridized carbons (Fsp3) is 0.0625. The van der Waals surface area contributed by atoms with Gasteiger partial charge in [-0.3, -0.25) is 0 Å². The van der Waals surface area contributed by atoms with Gasteiger partial charge in [0.05, 0.1) is 0 Å². The first-order valence-corrected chi connectivity index (χ1v) is 6.77. The first kappa shape index (κ1) is 14.3. The highest BCUT2D eigenvalue weighted by Crippen LogP contribution is 2.23. The summed E-state index contributed by atoms with van der Waals surface area (Å²) in [5.41, 5.74) is 3.79. The zero-order valence-electron chi connectivity index (χ0n) is 11.1. The van der Waals surface area contributed by atoms with E-state index in [1.807, 2.05) is 49.4 Å². The summed E-state index contributed by atoms with van der Waals surface area (Å²) in [5.74, 6) is -0.955. The minimum absolute atomic E-state index is 0.848. The van der Waals surface area contributed by atoms with Gasteiger partial charge in [-0.1, -0.05) is 29.8 Å². The van der Waals surface area contributed by atoms with Gasteiger partial charge in [0.15, 0.2) is 0 Å². The highest BCUT2D eigenvalue weighted by atomic mass is 31.0. The summed E-state index contributed by atoms with van der Waals surface area (Å²) in [6.45, 7) is 1.98. The molecule has 1 atom stereocenters. The molecule has 4 heteroatoms. The molecule has 1 unspecified atom stereocenters. The maximum Gasteiger partial charge on any atom is 0.328 e. The molecule has 3 nitrogen and oxygen atoms in total. The lowest BCUT2D eigenvalue weighted by Crippen LogP contribution is -2.02. The molecule has 2 rings (SSSR count). The number of hydrogen-bond acceptors (Lipinski definition) is 2. The van der Waals surface area contributed by atoms with Crippen LogP contribution < -0.4 is 10.6 Å². The third kappa shape index (κ3) is 3.69. The summed E-state index contributed by atoms with van der Waals surface area (Å²) < 4.78 is 0. The zero-order chi connectivity index (χ0) is 14.5. The van der Waals surface area contributed by atoms with Gasteiger partial charge in [0.1, 0.15) is 0 Å². The standard InChI is InChI=1S/C16H16NO2P/c1-11-6-8-13(12(10-11)7-9-16(18)19)17-14-4-2-3-5-15(14)20/h2-10,17H,20H2,1H3,(H,18,19)/b9-7+. The lowest BCUT2D eigenvalue weighted by atomic mass is 10.1. The Morgan fingerprint density at radius 1 is 1.20 bits per heavy atom. The molecule has 0 saturated heterocycles. The fourth-order valence-electron chi connectivity index (χ4n) is 1.85. The molecule has 0 bridgehead atoms. The van der Waals surface area contributed by atoms with Gasteiger partial charge in [-0.15, -0.1) is 9.24 Å². The minimum Gasteiger partial charge on any atom is -0.478 e. The molecule has 0 radical (unpaired) electrons. The average molecular weight is 285 g/mol. The lowest BCUT2D eigenvalue weighted by Gasteiger charge is -2.12. The fourth-order valence-corrected chi connectivity index (χ4v) is 2.13. The minimum atomic E-state index is -0.955. The van der Waals surface area contributed by atoms with Crippen LogP contribution in [0.25, 0.3) is 6.08 Å². The van der Waals surface area contributed by atoms with E-state index in [0.717, 1.165) is 33.9 Å². The van der Waals surface area contributed by atoms with Gasteiger partial charge >= 0.3 is 5.97 Å². The van der Waals surface area contributed by atoms with E-state index in [2.05, 4.69) is 14.6 Å². The third-order valence-electron chi connectivity index (χ3n) is 2.84. The second-order valence-corrected chi connectivity index (χ2v) is 5.10. The van der Waals surface area contributed by atoms with Crippen molar-refractivity contribution in [3.8, 4) is 0 Å². The Labute approximate surface area is 120 Å². The van der Waals surface area contributed by atoms with E-state index >= 15 is 0 Å². The number of hydrogen-bond donors (Lipinski definition) is 2. The number of benzene rings is 2. The van der Waals surface area contributed by atoms with Crippen LogP contribution in [0.15, 0.2) is 48.5 Å². The number of carbonyl (C=O) groups is 1. The molecule has 0 saturated carbocycles. The molecule has 102 valence electrons. The van der Waals surface area contributed by atoms with Crippen molar-refractivity contribution in [2.24, 2.45) is 0 Å². The normalized spacial score (nSPS) is 10.7. The van der Waals surface area contributed by atoms with Crippen LogP contribution in [0.5, 0.6) is 0 Å². The van der Waals surface area contributed by atoms with Gasteiger partial charge in [0, 0.05) is 17.5 Å². The molecular formula is C16H16NO2P. The second-order valence-electron chi connectivity index (χ2n) is 4.47. The van der Waals surface area contributed by atoms with Crippen molar-refractivity contribution < 1.29 is 9.90 Å². The molecule has 2 N–H and O–H groups in total. The maximum absolute atomic E-state index is 10.7. The van der Waals surface area contributed by atoms with Gasteiger partial charge in [0.25, 0.3) is 0 Å². The van der Waals surface area contributed by atoms with E-state index in [1.54, 1.807) is 6.08 Å². The quantitative estimate of drug-likeness (QED) is 0.669. The van der Waals surface area contributed by atoms with Gasteiger partial charge in [-0.2, -0.15) is 0 Å². The van der Waals surface area contributed by atoms with Gasteiger partial charge < -0.3 is 10.4 Å². The maximum atomic E-state index is 10.7. The van der Waals surface area contributed by atoms with Crippen LogP contribution in [0.4, 0.5) is 11.4 Å². The van der Waals surface area contributed by atoms with Crippen molar-refractivity contribution in [2.75, 3.05) is 5.32 Å². The van der Waals surface area contributed by atoms with Crippen LogP contribution in [0.1, 0.15) is 11.1 Å². The number of aryl methyl sites for hydroxylation is 1. The largest absolute Gasteiger partial charge is 0.478 e. The van der Waals surface area contributed by atoms with Gasteiger partial charge in [-0.05, 0) is 42.1 Å². The van der Waals surface area contributed by atoms with Crippen molar-refractivity contribution in [1.82, 2.24) is 0 Å². The van der Waals surface area contributed by atoms with E-state index in [4.69, 9.17) is 5.11 Å². The number of carboxylic acids is 1. The van der Waals surface area contributed by atoms with E-state index in [-0.39, 0.29) is 0 Å². The Morgan fingerprint density at radius 3 is 2.65 bits per heavy atom. The molecule has 0 heterocycles. The molecule has 2 aromatic carbocycles. The number of para-hydroxylation sites is 1. The van der Waals surface area contributed by atoms with Crippen LogP contribution in [-0.4, -0.2) is 11.1 Å². The molecule has 0 spiro atoms. The highest BCUT2D eigenvalue weighted by Gasteiger charge is 2.03. The van der Waals surface area contributed by atoms with E-state index in [0.29, 0.717) is 0 Å². The van der Waals surface area contributed by atoms with Crippen LogP contribution in [0.2, 0.25) is 0 Å². The van der Waals surface area contributed by atoms with Crippen molar-refractivity contribution in [1.29, 1.82) is 0 Å². The van der Waals surface area contributed by atoms with Crippen molar-refractivity contribution in [3.05, 3.63) is 59.7 Å². The Kier molecular flexibility index (Phi) is 4.54. The van der Waals surface area contributed by atoms with E-state index in [9.17, 15) is 4.79 Å². The SMILES string of the molecule is Cc1ccc(Nc2ccccc2P)c(/C=C/C(=O)O)c1. The first-order chi connectivity index (χ1) is 9.56. The highest BCUT2D eigenvalue weighted by molar-refractivity contribution is 7.28. The smallest absolute Gasteiger partial charge is 0.328 e. The number of nitrogens with one attached hydrogen (secondary N) is 1. The van der Waals surface area contributed by atoms with Gasteiger partial charge in [0.2, 0.25) is 0 Å². The predicted molar refractivity (Wildman–Crippen MR) is 86.9 cm³/mol. The molecule has 0 aliphatic carbocycles. The Balaban J connectivity index is 2.36. The average Bonchev–Trinajstić information content (AvgIpc) is 2.41. The Hall–Kier alpha value is -2.12. The zero-order valence-corrected chi connectivity index (χ0v) is 12.3. The summed E-state index contributed by atoms with van der Waals surface area (Å²) in [6.07, 6.45) is 2.75. The van der Waals surface area contributed by atoms with Crippen molar-refractivity contribution in [3.63, 3.8) is 0 Å². The topological polar surface area (TPSA) is 49.3 Å². The summed E-state index contributed by atoms with van der Waals surface area (Å²) in [7, 11) is 2.68. The number of rotatable bonds is 4. The number of anilines is 2. The lowest BCUT2D eigenvalue weighted by molar-refractivity contribution is -0.131.